The summed E-state index contributed by atoms with van der Waals surface area (Å²) in [5.41, 5.74) is 2.72. The van der Waals surface area contributed by atoms with Gasteiger partial charge in [0.1, 0.15) is 0 Å². The summed E-state index contributed by atoms with van der Waals surface area (Å²) in [4.78, 5) is 0. The molecule has 1 N–H and O–H groups in total. The molecule has 0 aliphatic heterocycles. The molecule has 0 amide bonds. The van der Waals surface area contributed by atoms with Crippen molar-refractivity contribution in [3.63, 3.8) is 0 Å². The molecule has 1 heterocycles. The minimum atomic E-state index is 0.579. The zero-order chi connectivity index (χ0) is 13.9. The van der Waals surface area contributed by atoms with Crippen LogP contribution in [0.1, 0.15) is 36.8 Å². The fourth-order valence-electron chi connectivity index (χ4n) is 2.31. The Labute approximate surface area is 133 Å². The quantitative estimate of drug-likeness (QED) is 0.778. The van der Waals surface area contributed by atoms with Crippen LogP contribution in [0.15, 0.2) is 36.7 Å². The van der Waals surface area contributed by atoms with Crippen molar-refractivity contribution in [2.45, 2.75) is 38.3 Å². The van der Waals surface area contributed by atoms with Crippen molar-refractivity contribution in [1.29, 1.82) is 0 Å². The molecular formula is C16H20IN3. The number of benzene rings is 1. The molecule has 2 aromatic rings. The first kappa shape index (κ1) is 14.1. The summed E-state index contributed by atoms with van der Waals surface area (Å²) in [6, 6.07) is 9.74. The third-order valence-electron chi connectivity index (χ3n) is 3.79. The zero-order valence-corrected chi connectivity index (χ0v) is 13.9. The van der Waals surface area contributed by atoms with E-state index in [1.165, 1.54) is 27.5 Å². The van der Waals surface area contributed by atoms with Gasteiger partial charge in [-0.15, -0.1) is 0 Å². The van der Waals surface area contributed by atoms with Crippen molar-refractivity contribution in [2.24, 2.45) is 0 Å². The van der Waals surface area contributed by atoms with E-state index in [4.69, 9.17) is 0 Å². The van der Waals surface area contributed by atoms with Crippen LogP contribution in [0.25, 0.3) is 0 Å². The maximum atomic E-state index is 4.32. The van der Waals surface area contributed by atoms with E-state index >= 15 is 0 Å². The molecule has 1 atom stereocenters. The van der Waals surface area contributed by atoms with Gasteiger partial charge in [0.25, 0.3) is 0 Å². The monoisotopic (exact) mass is 381 g/mol. The van der Waals surface area contributed by atoms with E-state index in [2.05, 4.69) is 70.4 Å². The molecule has 1 unspecified atom stereocenters. The Morgan fingerprint density at radius 3 is 2.70 bits per heavy atom. The van der Waals surface area contributed by atoms with Crippen LogP contribution in [-0.2, 0) is 6.54 Å². The minimum absolute atomic E-state index is 0.579. The summed E-state index contributed by atoms with van der Waals surface area (Å²) in [6.45, 7) is 4.22. The van der Waals surface area contributed by atoms with E-state index in [0.717, 1.165) is 19.1 Å². The van der Waals surface area contributed by atoms with Crippen molar-refractivity contribution in [1.82, 2.24) is 15.1 Å². The molecule has 1 aliphatic rings. The summed E-state index contributed by atoms with van der Waals surface area (Å²) >= 11 is 2.29. The van der Waals surface area contributed by atoms with Gasteiger partial charge in [0.2, 0.25) is 0 Å². The normalized spacial score (nSPS) is 16.3. The van der Waals surface area contributed by atoms with Crippen LogP contribution >= 0.6 is 22.6 Å². The number of aromatic nitrogens is 2. The van der Waals surface area contributed by atoms with Crippen molar-refractivity contribution < 1.29 is 0 Å². The first-order valence-electron chi connectivity index (χ1n) is 7.21. The number of nitrogens with one attached hydrogen (secondary N) is 1. The fraction of sp³-hybridized carbons (Fsp3) is 0.438. The van der Waals surface area contributed by atoms with Crippen molar-refractivity contribution in [3.8, 4) is 0 Å². The van der Waals surface area contributed by atoms with Gasteiger partial charge < -0.3 is 5.32 Å². The van der Waals surface area contributed by atoms with Gasteiger partial charge in [-0.1, -0.05) is 31.2 Å². The van der Waals surface area contributed by atoms with E-state index in [9.17, 15) is 0 Å². The van der Waals surface area contributed by atoms with Crippen LogP contribution in [-0.4, -0.2) is 22.4 Å². The average Bonchev–Trinajstić information content (AvgIpc) is 3.20. The molecule has 0 saturated heterocycles. The molecule has 1 fully saturated rings. The maximum absolute atomic E-state index is 4.32. The van der Waals surface area contributed by atoms with E-state index in [1.807, 2.05) is 10.9 Å². The molecule has 4 heteroatoms. The topological polar surface area (TPSA) is 29.9 Å². The Bertz CT molecular complexity index is 557. The molecule has 1 aromatic carbocycles. The van der Waals surface area contributed by atoms with Gasteiger partial charge in [0.15, 0.2) is 0 Å². The van der Waals surface area contributed by atoms with Gasteiger partial charge >= 0.3 is 0 Å². The minimum Gasteiger partial charge on any atom is -0.313 e. The van der Waals surface area contributed by atoms with E-state index in [-0.39, 0.29) is 0 Å². The Kier molecular flexibility index (Phi) is 4.41. The first-order chi connectivity index (χ1) is 9.70. The number of hydrogen-bond acceptors (Lipinski definition) is 2. The SMILES string of the molecule is CC(CNC1CC1)c1ccc(Cn2cc(I)cn2)cc1. The lowest BCUT2D eigenvalue weighted by atomic mass is 10.00. The molecule has 3 rings (SSSR count). The van der Waals surface area contributed by atoms with E-state index in [0.29, 0.717) is 5.92 Å². The molecule has 0 spiro atoms. The molecule has 20 heavy (non-hydrogen) atoms. The summed E-state index contributed by atoms with van der Waals surface area (Å²) in [7, 11) is 0. The van der Waals surface area contributed by atoms with Crippen molar-refractivity contribution in [3.05, 3.63) is 51.4 Å². The number of halogens is 1. The van der Waals surface area contributed by atoms with Gasteiger partial charge in [-0.25, -0.2) is 0 Å². The molecular weight excluding hydrogens is 361 g/mol. The Morgan fingerprint density at radius 1 is 1.35 bits per heavy atom. The molecule has 0 bridgehead atoms. The Balaban J connectivity index is 1.58. The molecule has 0 radical (unpaired) electrons. The number of nitrogens with zero attached hydrogens (tertiary/aromatic N) is 2. The lowest BCUT2D eigenvalue weighted by molar-refractivity contribution is 0.611. The highest BCUT2D eigenvalue weighted by molar-refractivity contribution is 14.1. The van der Waals surface area contributed by atoms with Gasteiger partial charge in [0.05, 0.1) is 16.3 Å². The molecule has 1 aliphatic carbocycles. The van der Waals surface area contributed by atoms with E-state index in [1.54, 1.807) is 0 Å². The third kappa shape index (κ3) is 3.82. The summed E-state index contributed by atoms with van der Waals surface area (Å²) < 4.78 is 3.16. The van der Waals surface area contributed by atoms with Crippen LogP contribution in [0.5, 0.6) is 0 Å². The van der Waals surface area contributed by atoms with Gasteiger partial charge in [-0.05, 0) is 52.5 Å². The second-order valence-electron chi connectivity index (χ2n) is 5.68. The number of rotatable bonds is 6. The van der Waals surface area contributed by atoms with Gasteiger partial charge in [-0.3, -0.25) is 4.68 Å². The van der Waals surface area contributed by atoms with Crippen LogP contribution < -0.4 is 5.32 Å². The fourth-order valence-corrected chi connectivity index (χ4v) is 2.76. The Morgan fingerprint density at radius 2 is 2.10 bits per heavy atom. The second-order valence-corrected chi connectivity index (χ2v) is 6.93. The number of hydrogen-bond donors (Lipinski definition) is 1. The van der Waals surface area contributed by atoms with Gasteiger partial charge in [0, 0.05) is 18.8 Å². The van der Waals surface area contributed by atoms with Crippen molar-refractivity contribution >= 4 is 22.6 Å². The Hall–Kier alpha value is -0.880. The summed E-state index contributed by atoms with van der Waals surface area (Å²) in [6.07, 6.45) is 6.67. The molecule has 3 nitrogen and oxygen atoms in total. The summed E-state index contributed by atoms with van der Waals surface area (Å²) in [5.74, 6) is 0.579. The van der Waals surface area contributed by atoms with Crippen LogP contribution in [0.3, 0.4) is 0 Å². The van der Waals surface area contributed by atoms with Crippen LogP contribution in [0.4, 0.5) is 0 Å². The average molecular weight is 381 g/mol. The lowest BCUT2D eigenvalue weighted by Gasteiger charge is -2.13. The maximum Gasteiger partial charge on any atom is 0.0659 e. The highest BCUT2D eigenvalue weighted by Crippen LogP contribution is 2.21. The van der Waals surface area contributed by atoms with Gasteiger partial charge in [-0.2, -0.15) is 5.10 Å². The molecule has 1 aromatic heterocycles. The largest absolute Gasteiger partial charge is 0.313 e. The predicted molar refractivity (Wildman–Crippen MR) is 89.9 cm³/mol. The predicted octanol–water partition coefficient (Wildman–Crippen LogP) is 3.39. The molecule has 1 saturated carbocycles. The smallest absolute Gasteiger partial charge is 0.0659 e. The van der Waals surface area contributed by atoms with E-state index < -0.39 is 0 Å². The molecule has 106 valence electrons. The second kappa shape index (κ2) is 6.26. The standard InChI is InChI=1S/C16H20IN3/c1-12(8-18-16-6-7-16)14-4-2-13(3-5-14)10-20-11-15(17)9-19-20/h2-5,9,11-12,16,18H,6-8,10H2,1H3. The van der Waals surface area contributed by atoms with Crippen LogP contribution in [0, 0.1) is 3.57 Å². The van der Waals surface area contributed by atoms with Crippen LogP contribution in [0.2, 0.25) is 0 Å². The first-order valence-corrected chi connectivity index (χ1v) is 8.29. The highest BCUT2D eigenvalue weighted by Gasteiger charge is 2.21. The lowest BCUT2D eigenvalue weighted by Crippen LogP contribution is -2.22. The highest BCUT2D eigenvalue weighted by atomic mass is 127. The zero-order valence-electron chi connectivity index (χ0n) is 11.7. The summed E-state index contributed by atoms with van der Waals surface area (Å²) in [5, 5.41) is 7.92. The van der Waals surface area contributed by atoms with Crippen molar-refractivity contribution in [2.75, 3.05) is 6.54 Å². The third-order valence-corrected chi connectivity index (χ3v) is 4.34.